The van der Waals surface area contributed by atoms with Gasteiger partial charge in [0, 0.05) is 6.42 Å². The molecule has 0 amide bonds. The molecule has 0 bridgehead atoms. The molecule has 0 aromatic heterocycles. The van der Waals surface area contributed by atoms with Crippen molar-refractivity contribution in [2.45, 2.75) is 44.1 Å². The number of aliphatic hydroxyl groups is 1. The summed E-state index contributed by atoms with van der Waals surface area (Å²) in [4.78, 5) is 10.6. The van der Waals surface area contributed by atoms with Crippen molar-refractivity contribution in [1.82, 2.24) is 0 Å². The van der Waals surface area contributed by atoms with E-state index in [1.165, 1.54) is 24.8 Å². The Balaban J connectivity index is 2.34. The third kappa shape index (κ3) is 2.03. The van der Waals surface area contributed by atoms with Crippen molar-refractivity contribution in [3.63, 3.8) is 0 Å². The van der Waals surface area contributed by atoms with E-state index < -0.39 is 5.60 Å². The van der Waals surface area contributed by atoms with Crippen LogP contribution in [0.2, 0.25) is 0 Å². The minimum atomic E-state index is -1.02. The van der Waals surface area contributed by atoms with Crippen LogP contribution in [-0.2, 0) is 10.4 Å². The van der Waals surface area contributed by atoms with Crippen LogP contribution >= 0.6 is 0 Å². The zero-order valence-electron chi connectivity index (χ0n) is 9.65. The average molecular weight is 218 g/mol. The van der Waals surface area contributed by atoms with Crippen LogP contribution in [0.25, 0.3) is 0 Å². The van der Waals surface area contributed by atoms with Crippen LogP contribution in [0.15, 0.2) is 24.3 Å². The van der Waals surface area contributed by atoms with E-state index in [1.54, 1.807) is 6.92 Å². The average Bonchev–Trinajstić information content (AvgIpc) is 2.15. The van der Waals surface area contributed by atoms with Crippen LogP contribution in [0.5, 0.6) is 0 Å². The summed E-state index contributed by atoms with van der Waals surface area (Å²) >= 11 is 0. The fourth-order valence-electron chi connectivity index (χ4n) is 2.33. The second-order valence-electron chi connectivity index (χ2n) is 4.86. The zero-order chi connectivity index (χ0) is 11.6. The van der Waals surface area contributed by atoms with Crippen LogP contribution in [0.3, 0.4) is 0 Å². The Labute approximate surface area is 96.3 Å². The molecule has 0 saturated heterocycles. The molecule has 86 valence electrons. The van der Waals surface area contributed by atoms with Gasteiger partial charge >= 0.3 is 0 Å². The molecule has 2 heteroatoms. The van der Waals surface area contributed by atoms with Crippen LogP contribution in [0, 0.1) is 0 Å². The van der Waals surface area contributed by atoms with Gasteiger partial charge in [0.1, 0.15) is 6.29 Å². The molecule has 1 aliphatic rings. The largest absolute Gasteiger partial charge is 0.385 e. The molecule has 1 saturated carbocycles. The van der Waals surface area contributed by atoms with Gasteiger partial charge < -0.3 is 9.90 Å². The minimum absolute atomic E-state index is 0.163. The van der Waals surface area contributed by atoms with Crippen molar-refractivity contribution >= 4 is 6.29 Å². The first kappa shape index (κ1) is 11.3. The van der Waals surface area contributed by atoms with E-state index >= 15 is 0 Å². The Hall–Kier alpha value is -1.15. The zero-order valence-corrected chi connectivity index (χ0v) is 9.65. The number of aldehydes is 1. The SMILES string of the molecule is CC(O)(CC=O)c1ccccc1C1CCC1. The number of carbonyl (C=O) groups is 1. The van der Waals surface area contributed by atoms with Crippen LogP contribution in [-0.4, -0.2) is 11.4 Å². The summed E-state index contributed by atoms with van der Waals surface area (Å²) in [6, 6.07) is 7.96. The Kier molecular flexibility index (Phi) is 3.10. The maximum Gasteiger partial charge on any atom is 0.123 e. The Bertz CT molecular complexity index is 378. The molecule has 1 aromatic carbocycles. The molecule has 1 aliphatic carbocycles. The van der Waals surface area contributed by atoms with Gasteiger partial charge in [-0.3, -0.25) is 0 Å². The van der Waals surface area contributed by atoms with Crippen molar-refractivity contribution in [2.75, 3.05) is 0 Å². The van der Waals surface area contributed by atoms with E-state index in [4.69, 9.17) is 0 Å². The van der Waals surface area contributed by atoms with Crippen molar-refractivity contribution in [3.05, 3.63) is 35.4 Å². The molecule has 1 unspecified atom stereocenters. The predicted octanol–water partition coefficient (Wildman–Crippen LogP) is 2.75. The molecule has 2 nitrogen and oxygen atoms in total. The lowest BCUT2D eigenvalue weighted by molar-refractivity contribution is -0.112. The maximum atomic E-state index is 10.6. The van der Waals surface area contributed by atoms with E-state index in [0.717, 1.165) is 11.8 Å². The number of benzene rings is 1. The van der Waals surface area contributed by atoms with Gasteiger partial charge in [-0.05, 0) is 36.8 Å². The van der Waals surface area contributed by atoms with Crippen molar-refractivity contribution in [1.29, 1.82) is 0 Å². The van der Waals surface area contributed by atoms with Crippen molar-refractivity contribution in [2.24, 2.45) is 0 Å². The number of hydrogen-bond donors (Lipinski definition) is 1. The highest BCUT2D eigenvalue weighted by Gasteiger charge is 2.30. The second-order valence-corrected chi connectivity index (χ2v) is 4.86. The normalized spacial score (nSPS) is 19.9. The van der Waals surface area contributed by atoms with Gasteiger partial charge in [0.15, 0.2) is 0 Å². The summed E-state index contributed by atoms with van der Waals surface area (Å²) in [5.41, 5.74) is 1.13. The molecule has 0 aliphatic heterocycles. The highest BCUT2D eigenvalue weighted by atomic mass is 16.3. The van der Waals surface area contributed by atoms with Gasteiger partial charge in [0.05, 0.1) is 5.60 Å². The Morgan fingerprint density at radius 2 is 2.12 bits per heavy atom. The molecular formula is C14H18O2. The van der Waals surface area contributed by atoms with E-state index in [1.807, 2.05) is 18.2 Å². The summed E-state index contributed by atoms with van der Waals surface area (Å²) < 4.78 is 0. The van der Waals surface area contributed by atoms with Crippen LogP contribution in [0.1, 0.15) is 49.7 Å². The highest BCUT2D eigenvalue weighted by molar-refractivity contribution is 5.53. The van der Waals surface area contributed by atoms with Crippen molar-refractivity contribution in [3.8, 4) is 0 Å². The van der Waals surface area contributed by atoms with Gasteiger partial charge in [0.2, 0.25) is 0 Å². The summed E-state index contributed by atoms with van der Waals surface area (Å²) in [5.74, 6) is 0.578. The number of hydrogen-bond acceptors (Lipinski definition) is 2. The molecule has 2 rings (SSSR count). The minimum Gasteiger partial charge on any atom is -0.385 e. The number of carbonyl (C=O) groups excluding carboxylic acids is 1. The molecular weight excluding hydrogens is 200 g/mol. The third-order valence-electron chi connectivity index (χ3n) is 3.57. The van der Waals surface area contributed by atoms with E-state index in [9.17, 15) is 9.90 Å². The smallest absolute Gasteiger partial charge is 0.123 e. The van der Waals surface area contributed by atoms with Crippen LogP contribution < -0.4 is 0 Å². The maximum absolute atomic E-state index is 10.6. The standard InChI is InChI=1S/C14H18O2/c1-14(16,9-10-15)13-8-3-2-7-12(13)11-5-4-6-11/h2-3,7-8,10-11,16H,4-6,9H2,1H3. The lowest BCUT2D eigenvalue weighted by Gasteiger charge is -2.32. The topological polar surface area (TPSA) is 37.3 Å². The van der Waals surface area contributed by atoms with Crippen molar-refractivity contribution < 1.29 is 9.90 Å². The first-order valence-electron chi connectivity index (χ1n) is 5.90. The number of rotatable bonds is 4. The lowest BCUT2D eigenvalue weighted by Crippen LogP contribution is -2.25. The lowest BCUT2D eigenvalue weighted by atomic mass is 9.75. The monoisotopic (exact) mass is 218 g/mol. The molecule has 1 atom stereocenters. The van der Waals surface area contributed by atoms with Gasteiger partial charge in [-0.2, -0.15) is 0 Å². The molecule has 0 radical (unpaired) electrons. The fraction of sp³-hybridized carbons (Fsp3) is 0.500. The quantitative estimate of drug-likeness (QED) is 0.789. The second kappa shape index (κ2) is 4.38. The summed E-state index contributed by atoms with van der Waals surface area (Å²) in [6.07, 6.45) is 4.63. The van der Waals surface area contributed by atoms with Gasteiger partial charge in [0.25, 0.3) is 0 Å². The Morgan fingerprint density at radius 3 is 2.69 bits per heavy atom. The van der Waals surface area contributed by atoms with E-state index in [2.05, 4.69) is 6.07 Å². The summed E-state index contributed by atoms with van der Waals surface area (Å²) in [6.45, 7) is 1.72. The Morgan fingerprint density at radius 1 is 1.44 bits per heavy atom. The predicted molar refractivity (Wildman–Crippen MR) is 63.3 cm³/mol. The van der Waals surface area contributed by atoms with Gasteiger partial charge in [-0.1, -0.05) is 30.7 Å². The van der Waals surface area contributed by atoms with E-state index in [-0.39, 0.29) is 6.42 Å². The summed E-state index contributed by atoms with van der Waals surface area (Å²) in [7, 11) is 0. The molecule has 1 N–H and O–H groups in total. The highest BCUT2D eigenvalue weighted by Crippen LogP contribution is 2.41. The molecule has 0 heterocycles. The molecule has 0 spiro atoms. The molecule has 1 fully saturated rings. The molecule has 1 aromatic rings. The van der Waals surface area contributed by atoms with Gasteiger partial charge in [-0.25, -0.2) is 0 Å². The third-order valence-corrected chi connectivity index (χ3v) is 3.57. The summed E-state index contributed by atoms with van der Waals surface area (Å²) in [5, 5.41) is 10.3. The van der Waals surface area contributed by atoms with Gasteiger partial charge in [-0.15, -0.1) is 0 Å². The molecule has 16 heavy (non-hydrogen) atoms. The first-order chi connectivity index (χ1) is 7.65. The van der Waals surface area contributed by atoms with Crippen LogP contribution in [0.4, 0.5) is 0 Å². The van der Waals surface area contributed by atoms with E-state index in [0.29, 0.717) is 5.92 Å². The first-order valence-corrected chi connectivity index (χ1v) is 5.90. The fourth-order valence-corrected chi connectivity index (χ4v) is 2.33.